The number of amides is 2. The van der Waals surface area contributed by atoms with Crippen molar-refractivity contribution in [3.63, 3.8) is 0 Å². The van der Waals surface area contributed by atoms with Gasteiger partial charge in [0.1, 0.15) is 0 Å². The molecule has 1 aliphatic carbocycles. The van der Waals surface area contributed by atoms with Gasteiger partial charge in [0.2, 0.25) is 0 Å². The summed E-state index contributed by atoms with van der Waals surface area (Å²) in [4.78, 5) is 23.4. The fourth-order valence-electron chi connectivity index (χ4n) is 3.37. The second-order valence-corrected chi connectivity index (χ2v) is 7.63. The van der Waals surface area contributed by atoms with Crippen LogP contribution in [0.25, 0.3) is 5.57 Å². The van der Waals surface area contributed by atoms with E-state index in [-0.39, 0.29) is 27.1 Å². The Labute approximate surface area is 149 Å². The van der Waals surface area contributed by atoms with Gasteiger partial charge in [-0.15, -0.1) is 0 Å². The smallest absolute Gasteiger partial charge is 0.293 e. The fraction of sp³-hybridized carbons (Fsp3) is 0.412. The molecule has 1 heterocycles. The number of hydrogen-bond donors (Lipinski definition) is 3. The van der Waals surface area contributed by atoms with Gasteiger partial charge in [-0.1, -0.05) is 44.0 Å². The molecule has 1 aliphatic heterocycles. The van der Waals surface area contributed by atoms with Crippen LogP contribution in [0.3, 0.4) is 0 Å². The Morgan fingerprint density at radius 2 is 1.88 bits per heavy atom. The summed E-state index contributed by atoms with van der Waals surface area (Å²) in [5.41, 5.74) is 0.892. The van der Waals surface area contributed by atoms with E-state index in [1.807, 2.05) is 26.1 Å². The molecule has 128 valence electrons. The van der Waals surface area contributed by atoms with Gasteiger partial charge in [0.15, 0.2) is 5.76 Å². The van der Waals surface area contributed by atoms with Crippen molar-refractivity contribution in [1.82, 2.24) is 5.32 Å². The first kappa shape index (κ1) is 17.3. The zero-order chi connectivity index (χ0) is 18.0. The highest BCUT2D eigenvalue weighted by Crippen LogP contribution is 2.54. The summed E-state index contributed by atoms with van der Waals surface area (Å²) in [5.74, 6) is -2.08. The molecule has 2 unspecified atom stereocenters. The third-order valence-electron chi connectivity index (χ3n) is 5.29. The Morgan fingerprint density at radius 1 is 1.25 bits per heavy atom. The van der Waals surface area contributed by atoms with Gasteiger partial charge in [0.05, 0.1) is 21.7 Å². The minimum Gasteiger partial charge on any atom is -0.502 e. The number of carbonyl (C=O) groups is 2. The van der Waals surface area contributed by atoms with Crippen molar-refractivity contribution >= 4 is 40.6 Å². The Hall–Kier alpha value is -1.56. The predicted molar refractivity (Wildman–Crippen MR) is 90.8 cm³/mol. The van der Waals surface area contributed by atoms with E-state index in [0.717, 1.165) is 5.56 Å². The molecule has 3 rings (SSSR count). The van der Waals surface area contributed by atoms with Crippen molar-refractivity contribution in [3.8, 4) is 0 Å². The summed E-state index contributed by atoms with van der Waals surface area (Å²) in [6, 6.07) is 1.63. The number of halogens is 2. The maximum atomic E-state index is 12.0. The second-order valence-electron chi connectivity index (χ2n) is 6.87. The van der Waals surface area contributed by atoms with Crippen molar-refractivity contribution in [3.05, 3.63) is 38.6 Å². The van der Waals surface area contributed by atoms with E-state index in [1.165, 1.54) is 0 Å². The van der Waals surface area contributed by atoms with E-state index in [1.54, 1.807) is 6.07 Å². The highest BCUT2D eigenvalue weighted by Gasteiger charge is 2.46. The molecule has 0 bridgehead atoms. The Kier molecular flexibility index (Phi) is 3.94. The van der Waals surface area contributed by atoms with Crippen molar-refractivity contribution in [2.45, 2.75) is 33.3 Å². The molecule has 0 spiro atoms. The summed E-state index contributed by atoms with van der Waals surface area (Å²) in [5, 5.41) is 22.8. The monoisotopic (exact) mass is 369 g/mol. The van der Waals surface area contributed by atoms with Crippen molar-refractivity contribution < 1.29 is 19.8 Å². The third kappa shape index (κ3) is 2.19. The number of rotatable bonds is 2. The van der Waals surface area contributed by atoms with Crippen LogP contribution in [0.1, 0.15) is 43.6 Å². The van der Waals surface area contributed by atoms with Gasteiger partial charge in [0.25, 0.3) is 11.8 Å². The van der Waals surface area contributed by atoms with Crippen LogP contribution in [0.2, 0.25) is 10.0 Å². The molecule has 0 saturated heterocycles. The molecule has 24 heavy (non-hydrogen) atoms. The van der Waals surface area contributed by atoms with Gasteiger partial charge in [-0.3, -0.25) is 14.9 Å². The molecule has 0 saturated carbocycles. The molecule has 0 radical (unpaired) electrons. The summed E-state index contributed by atoms with van der Waals surface area (Å²) in [6.07, 6.45) is -0.234. The van der Waals surface area contributed by atoms with E-state index in [2.05, 4.69) is 0 Å². The van der Waals surface area contributed by atoms with Gasteiger partial charge in [0, 0.05) is 16.5 Å². The summed E-state index contributed by atoms with van der Waals surface area (Å²) in [7, 11) is 0. The zero-order valence-corrected chi connectivity index (χ0v) is 14.9. The van der Waals surface area contributed by atoms with Crippen LogP contribution >= 0.6 is 23.2 Å². The number of nitrogens with one attached hydrogen (secondary N) is 1. The molecule has 2 aliphatic rings. The van der Waals surface area contributed by atoms with Crippen LogP contribution in [0.15, 0.2) is 11.8 Å². The molecule has 0 fully saturated rings. The molecule has 7 heteroatoms. The topological polar surface area (TPSA) is 86.6 Å². The standard InChI is InChI=1S/C17H17Cl2NO4/c1-6(2)17(3)5-7-4-8(10-13(21)16(24)20-15(10)23)11(18)12(19)9(7)14(17)22/h4,6,14,22H,5H2,1-3H3,(H2,20,21,23,24). The molecule has 2 amide bonds. The number of fused-ring (bicyclic) bond motifs is 1. The molecular weight excluding hydrogens is 353 g/mol. The first-order valence-corrected chi connectivity index (χ1v) is 8.33. The number of aliphatic hydroxyl groups excluding tert-OH is 2. The lowest BCUT2D eigenvalue weighted by atomic mass is 9.75. The SMILES string of the molecule is CC(C)C1(C)Cc2cc(C3=C(O)C(=O)NC3=O)c(Cl)c(Cl)c2C1O. The molecule has 1 aromatic rings. The Balaban J connectivity index is 2.22. The van der Waals surface area contributed by atoms with Crippen LogP contribution in [0.4, 0.5) is 0 Å². The number of hydrogen-bond acceptors (Lipinski definition) is 4. The maximum absolute atomic E-state index is 12.0. The van der Waals surface area contributed by atoms with Crippen molar-refractivity contribution in [2.24, 2.45) is 11.3 Å². The van der Waals surface area contributed by atoms with Crippen molar-refractivity contribution in [1.29, 1.82) is 0 Å². The average Bonchev–Trinajstić information content (AvgIpc) is 2.90. The van der Waals surface area contributed by atoms with Crippen molar-refractivity contribution in [2.75, 3.05) is 0 Å². The quantitative estimate of drug-likeness (QED) is 0.698. The summed E-state index contributed by atoms with van der Waals surface area (Å²) >= 11 is 12.7. The minimum atomic E-state index is -0.866. The highest BCUT2D eigenvalue weighted by atomic mass is 35.5. The Morgan fingerprint density at radius 3 is 2.38 bits per heavy atom. The molecule has 5 nitrogen and oxygen atoms in total. The van der Waals surface area contributed by atoms with E-state index < -0.39 is 29.1 Å². The molecule has 3 N–H and O–H groups in total. The average molecular weight is 370 g/mol. The first-order valence-electron chi connectivity index (χ1n) is 7.57. The predicted octanol–water partition coefficient (Wildman–Crippen LogP) is 3.17. The normalized spacial score (nSPS) is 26.4. The molecule has 2 atom stereocenters. The van der Waals surface area contributed by atoms with Gasteiger partial charge in [-0.25, -0.2) is 0 Å². The number of carbonyl (C=O) groups excluding carboxylic acids is 2. The fourth-order valence-corrected chi connectivity index (χ4v) is 3.95. The largest absolute Gasteiger partial charge is 0.502 e. The van der Waals surface area contributed by atoms with Crippen LogP contribution in [0.5, 0.6) is 0 Å². The van der Waals surface area contributed by atoms with E-state index in [4.69, 9.17) is 23.2 Å². The van der Waals surface area contributed by atoms with E-state index in [0.29, 0.717) is 12.0 Å². The van der Waals surface area contributed by atoms with E-state index in [9.17, 15) is 19.8 Å². The lowest BCUT2D eigenvalue weighted by Gasteiger charge is -2.32. The minimum absolute atomic E-state index is 0.0360. The number of benzene rings is 1. The molecule has 0 aromatic heterocycles. The van der Waals surface area contributed by atoms with Gasteiger partial charge in [-0.2, -0.15) is 0 Å². The lowest BCUT2D eigenvalue weighted by molar-refractivity contribution is -0.124. The van der Waals surface area contributed by atoms with Crippen LogP contribution in [0, 0.1) is 11.3 Å². The second kappa shape index (κ2) is 5.48. The van der Waals surface area contributed by atoms with Crippen LogP contribution in [-0.2, 0) is 16.0 Å². The summed E-state index contributed by atoms with van der Waals surface area (Å²) in [6.45, 7) is 6.00. The first-order chi connectivity index (χ1) is 11.1. The lowest BCUT2D eigenvalue weighted by Crippen LogP contribution is -2.28. The van der Waals surface area contributed by atoms with Gasteiger partial charge < -0.3 is 10.2 Å². The van der Waals surface area contributed by atoms with Gasteiger partial charge >= 0.3 is 0 Å². The number of aliphatic hydroxyl groups is 2. The Bertz CT molecular complexity index is 815. The zero-order valence-electron chi connectivity index (χ0n) is 13.4. The summed E-state index contributed by atoms with van der Waals surface area (Å²) < 4.78 is 0. The van der Waals surface area contributed by atoms with Crippen LogP contribution < -0.4 is 5.32 Å². The number of imide groups is 1. The molecule has 1 aromatic carbocycles. The molecular formula is C17H17Cl2NO4. The highest BCUT2D eigenvalue weighted by molar-refractivity contribution is 6.46. The maximum Gasteiger partial charge on any atom is 0.293 e. The van der Waals surface area contributed by atoms with E-state index >= 15 is 0 Å². The third-order valence-corrected chi connectivity index (χ3v) is 6.18. The van der Waals surface area contributed by atoms with Crippen LogP contribution in [-0.4, -0.2) is 22.0 Å². The van der Waals surface area contributed by atoms with Gasteiger partial charge in [-0.05, 0) is 24.0 Å².